The molecule has 1 atom stereocenters. The summed E-state index contributed by atoms with van der Waals surface area (Å²) in [4.78, 5) is 10.8. The molecule has 0 radical (unpaired) electrons. The highest BCUT2D eigenvalue weighted by Crippen LogP contribution is 2.32. The van der Waals surface area contributed by atoms with Crippen LogP contribution in [0.25, 0.3) is 11.4 Å². The van der Waals surface area contributed by atoms with E-state index in [9.17, 15) is 10.2 Å². The lowest BCUT2D eigenvalue weighted by Gasteiger charge is -2.22. The predicted molar refractivity (Wildman–Crippen MR) is 108 cm³/mol. The van der Waals surface area contributed by atoms with E-state index in [1.807, 2.05) is 31.1 Å². The molecule has 2 N–H and O–H groups in total. The summed E-state index contributed by atoms with van der Waals surface area (Å²) in [5, 5.41) is 23.1. The number of rotatable bonds is 9. The zero-order valence-corrected chi connectivity index (χ0v) is 16.9. The fraction of sp³-hybridized carbons (Fsp3) is 0.667. The van der Waals surface area contributed by atoms with Gasteiger partial charge in [-0.05, 0) is 24.5 Å². The van der Waals surface area contributed by atoms with Crippen LogP contribution in [0.4, 0.5) is 5.82 Å². The van der Waals surface area contributed by atoms with Crippen molar-refractivity contribution in [1.82, 2.24) is 15.1 Å². The minimum absolute atomic E-state index is 0.139. The fourth-order valence-electron chi connectivity index (χ4n) is 4.05. The van der Waals surface area contributed by atoms with Gasteiger partial charge in [0.2, 0.25) is 11.7 Å². The summed E-state index contributed by atoms with van der Waals surface area (Å²) >= 11 is 0. The Morgan fingerprint density at radius 1 is 1.21 bits per heavy atom. The first-order valence-corrected chi connectivity index (χ1v) is 10.4. The number of nitrogens with zero attached hydrogens (tertiary/aromatic N) is 4. The van der Waals surface area contributed by atoms with Crippen LogP contribution in [0, 0.1) is 5.92 Å². The van der Waals surface area contributed by atoms with Crippen molar-refractivity contribution >= 4 is 5.82 Å². The number of hydrogen-bond donors (Lipinski definition) is 2. The molecular formula is C21H32N4O3. The van der Waals surface area contributed by atoms with Crippen molar-refractivity contribution in [3.05, 3.63) is 24.2 Å². The number of pyridine rings is 1. The summed E-state index contributed by atoms with van der Waals surface area (Å²) < 4.78 is 5.51. The van der Waals surface area contributed by atoms with Crippen molar-refractivity contribution in [2.45, 2.75) is 70.0 Å². The third-order valence-corrected chi connectivity index (χ3v) is 5.64. The summed E-state index contributed by atoms with van der Waals surface area (Å²) in [6, 6.07) is 3.76. The molecule has 1 unspecified atom stereocenters. The average Bonchev–Trinajstić information content (AvgIpc) is 3.18. The second-order valence-corrected chi connectivity index (χ2v) is 8.10. The molecule has 2 heterocycles. The van der Waals surface area contributed by atoms with Gasteiger partial charge < -0.3 is 19.6 Å². The van der Waals surface area contributed by atoms with E-state index in [0.717, 1.165) is 30.1 Å². The molecule has 7 nitrogen and oxygen atoms in total. The molecule has 0 aromatic carbocycles. The van der Waals surface area contributed by atoms with E-state index in [2.05, 4.69) is 15.1 Å². The van der Waals surface area contributed by atoms with Crippen LogP contribution in [0.15, 0.2) is 22.9 Å². The lowest BCUT2D eigenvalue weighted by molar-refractivity contribution is -0.0522. The largest absolute Gasteiger partial charge is 0.368 e. The number of aliphatic hydroxyl groups excluding tert-OH is 1. The summed E-state index contributed by atoms with van der Waals surface area (Å²) in [5.41, 5.74) is 0.833. The van der Waals surface area contributed by atoms with Crippen molar-refractivity contribution in [3.63, 3.8) is 0 Å². The van der Waals surface area contributed by atoms with Crippen LogP contribution in [0.5, 0.6) is 0 Å². The molecule has 7 heteroatoms. The van der Waals surface area contributed by atoms with Gasteiger partial charge in [-0.1, -0.05) is 50.1 Å². The molecule has 1 aliphatic rings. The zero-order valence-electron chi connectivity index (χ0n) is 16.9. The second-order valence-electron chi connectivity index (χ2n) is 8.10. The minimum Gasteiger partial charge on any atom is -0.368 e. The quantitative estimate of drug-likeness (QED) is 0.632. The summed E-state index contributed by atoms with van der Waals surface area (Å²) in [6.07, 6.45) is 10.3. The van der Waals surface area contributed by atoms with Crippen molar-refractivity contribution in [2.24, 2.45) is 5.92 Å². The van der Waals surface area contributed by atoms with Gasteiger partial charge in [-0.25, -0.2) is 4.98 Å². The topological polar surface area (TPSA) is 95.5 Å². The van der Waals surface area contributed by atoms with Crippen molar-refractivity contribution < 1.29 is 14.7 Å². The molecule has 3 rings (SSSR count). The smallest absolute Gasteiger partial charge is 0.230 e. The van der Waals surface area contributed by atoms with Gasteiger partial charge in [-0.3, -0.25) is 0 Å². The first-order chi connectivity index (χ1) is 13.5. The first kappa shape index (κ1) is 20.7. The van der Waals surface area contributed by atoms with Crippen LogP contribution in [-0.2, 0) is 0 Å². The van der Waals surface area contributed by atoms with Crippen LogP contribution in [0.3, 0.4) is 0 Å². The number of hydrogen-bond acceptors (Lipinski definition) is 7. The van der Waals surface area contributed by atoms with E-state index in [4.69, 9.17) is 4.52 Å². The third kappa shape index (κ3) is 5.75. The van der Waals surface area contributed by atoms with E-state index in [1.165, 1.54) is 38.5 Å². The third-order valence-electron chi connectivity index (χ3n) is 5.64. The Hall–Kier alpha value is -1.99. The zero-order chi connectivity index (χ0) is 19.9. The van der Waals surface area contributed by atoms with Gasteiger partial charge in [0.05, 0.1) is 0 Å². The van der Waals surface area contributed by atoms with Gasteiger partial charge in [0.25, 0.3) is 0 Å². The highest BCUT2D eigenvalue weighted by atomic mass is 16.5. The summed E-state index contributed by atoms with van der Waals surface area (Å²) in [7, 11) is 3.86. The summed E-state index contributed by atoms with van der Waals surface area (Å²) in [6.45, 7) is 0. The lowest BCUT2D eigenvalue weighted by atomic mass is 9.84. The van der Waals surface area contributed by atoms with E-state index in [1.54, 1.807) is 6.20 Å². The maximum Gasteiger partial charge on any atom is 0.230 e. The molecule has 0 amide bonds. The molecule has 0 aliphatic heterocycles. The molecule has 2 aromatic heterocycles. The highest BCUT2D eigenvalue weighted by Gasteiger charge is 2.23. The molecule has 0 spiro atoms. The Balaban J connectivity index is 1.66. The summed E-state index contributed by atoms with van der Waals surface area (Å²) in [5.74, 6) is 2.48. The predicted octanol–water partition coefficient (Wildman–Crippen LogP) is 3.73. The van der Waals surface area contributed by atoms with Gasteiger partial charge in [0.15, 0.2) is 6.29 Å². The monoisotopic (exact) mass is 388 g/mol. The molecule has 2 aromatic rings. The minimum atomic E-state index is -1.38. The van der Waals surface area contributed by atoms with E-state index < -0.39 is 6.29 Å². The fourth-order valence-corrected chi connectivity index (χ4v) is 4.05. The van der Waals surface area contributed by atoms with Crippen LogP contribution in [0.1, 0.15) is 69.6 Å². The standard InChI is InChI=1S/C21H32N4O3/c1-25(2)18-13-16(11-12-22-18)20-23-21(28-24-20)17(14-19(26)27)10-6-9-15-7-4-3-5-8-15/h11-13,15,17,19,26-27H,3-10,14H2,1-2H3. The van der Waals surface area contributed by atoms with Crippen LogP contribution in [0.2, 0.25) is 0 Å². The molecule has 28 heavy (non-hydrogen) atoms. The average molecular weight is 389 g/mol. The maximum atomic E-state index is 9.51. The normalized spacial score (nSPS) is 16.5. The molecule has 1 saturated carbocycles. The van der Waals surface area contributed by atoms with Crippen molar-refractivity contribution in [2.75, 3.05) is 19.0 Å². The van der Waals surface area contributed by atoms with Crippen molar-refractivity contribution in [3.8, 4) is 11.4 Å². The maximum absolute atomic E-state index is 9.51. The van der Waals surface area contributed by atoms with Gasteiger partial charge in [-0.2, -0.15) is 4.98 Å². The Bertz CT molecular complexity index is 726. The van der Waals surface area contributed by atoms with Gasteiger partial charge >= 0.3 is 0 Å². The Kier molecular flexibility index (Phi) is 7.39. The van der Waals surface area contributed by atoms with Crippen LogP contribution >= 0.6 is 0 Å². The molecule has 0 saturated heterocycles. The lowest BCUT2D eigenvalue weighted by Crippen LogP contribution is -2.13. The number of aromatic nitrogens is 3. The molecule has 1 aliphatic carbocycles. The van der Waals surface area contributed by atoms with E-state index >= 15 is 0 Å². The number of anilines is 1. The molecule has 1 fully saturated rings. The number of aliphatic hydroxyl groups is 2. The molecular weight excluding hydrogens is 356 g/mol. The second kappa shape index (κ2) is 9.98. The highest BCUT2D eigenvalue weighted by molar-refractivity contribution is 5.59. The first-order valence-electron chi connectivity index (χ1n) is 10.4. The van der Waals surface area contributed by atoms with Crippen molar-refractivity contribution in [1.29, 1.82) is 0 Å². The van der Waals surface area contributed by atoms with Gasteiger partial charge in [0, 0.05) is 38.2 Å². The SMILES string of the molecule is CN(C)c1cc(-c2noc(C(CCCC3CCCCC3)CC(O)O)n2)ccn1. The Morgan fingerprint density at radius 2 is 2.00 bits per heavy atom. The van der Waals surface area contributed by atoms with Gasteiger partial charge in [-0.15, -0.1) is 0 Å². The van der Waals surface area contributed by atoms with Crippen LogP contribution < -0.4 is 4.90 Å². The van der Waals surface area contributed by atoms with E-state index in [0.29, 0.717) is 11.7 Å². The van der Waals surface area contributed by atoms with Gasteiger partial charge in [0.1, 0.15) is 5.82 Å². The Morgan fingerprint density at radius 3 is 2.71 bits per heavy atom. The van der Waals surface area contributed by atoms with E-state index in [-0.39, 0.29) is 12.3 Å². The molecule has 154 valence electrons. The Labute approximate surface area is 166 Å². The van der Waals surface area contributed by atoms with Crippen LogP contribution in [-0.4, -0.2) is 45.7 Å². The molecule has 0 bridgehead atoms.